The van der Waals surface area contributed by atoms with Gasteiger partial charge in [-0.3, -0.25) is 4.79 Å². The molecule has 2 saturated carbocycles. The summed E-state index contributed by atoms with van der Waals surface area (Å²) >= 11 is 1.56. The molecule has 112 valence electrons. The van der Waals surface area contributed by atoms with E-state index in [-0.39, 0.29) is 5.91 Å². The van der Waals surface area contributed by atoms with E-state index in [4.69, 9.17) is 0 Å². The molecule has 0 N–H and O–H groups in total. The Bertz CT molecular complexity index is 552. The van der Waals surface area contributed by atoms with Gasteiger partial charge in [0.1, 0.15) is 0 Å². The quantitative estimate of drug-likeness (QED) is 0.775. The van der Waals surface area contributed by atoms with Gasteiger partial charge < -0.3 is 4.90 Å². The highest BCUT2D eigenvalue weighted by atomic mass is 32.1. The van der Waals surface area contributed by atoms with Gasteiger partial charge in [-0.2, -0.15) is 0 Å². The van der Waals surface area contributed by atoms with Crippen LogP contribution in [0, 0.1) is 35.5 Å². The molecule has 3 fully saturated rings. The van der Waals surface area contributed by atoms with Crippen LogP contribution in [-0.2, 0) is 0 Å². The molecular weight excluding hydrogens is 278 g/mol. The van der Waals surface area contributed by atoms with Crippen LogP contribution >= 0.6 is 11.3 Å². The first-order valence-electron chi connectivity index (χ1n) is 8.14. The average Bonchev–Trinajstić information content (AvgIpc) is 2.92. The monoisotopic (exact) mass is 301 g/mol. The minimum absolute atomic E-state index is 0.248. The Hall–Kier alpha value is -1.09. The second-order valence-corrected chi connectivity index (χ2v) is 8.07. The summed E-state index contributed by atoms with van der Waals surface area (Å²) in [5, 5.41) is 1.99. The number of hydrogen-bond donors (Lipinski definition) is 0. The lowest BCUT2D eigenvalue weighted by Gasteiger charge is -2.36. The minimum atomic E-state index is 0.248. The Morgan fingerprint density at radius 2 is 2.19 bits per heavy atom. The summed E-state index contributed by atoms with van der Waals surface area (Å²) in [6, 6.07) is 3.93. The van der Waals surface area contributed by atoms with Crippen molar-refractivity contribution in [2.24, 2.45) is 35.5 Å². The van der Waals surface area contributed by atoms with E-state index in [1.54, 1.807) is 11.3 Å². The van der Waals surface area contributed by atoms with Crippen LogP contribution in [0.25, 0.3) is 0 Å². The van der Waals surface area contributed by atoms with Crippen LogP contribution in [0.15, 0.2) is 30.2 Å². The van der Waals surface area contributed by atoms with E-state index in [0.29, 0.717) is 11.8 Å². The highest BCUT2D eigenvalue weighted by molar-refractivity contribution is 7.12. The number of rotatable bonds is 3. The van der Waals surface area contributed by atoms with Gasteiger partial charge in [0.15, 0.2) is 0 Å². The number of carbonyl (C=O) groups is 1. The van der Waals surface area contributed by atoms with Crippen molar-refractivity contribution in [1.29, 1.82) is 0 Å². The van der Waals surface area contributed by atoms with Crippen LogP contribution in [0.2, 0.25) is 0 Å². The Morgan fingerprint density at radius 1 is 1.38 bits per heavy atom. The van der Waals surface area contributed by atoms with Gasteiger partial charge in [-0.15, -0.1) is 17.9 Å². The van der Waals surface area contributed by atoms with Crippen LogP contribution in [0.4, 0.5) is 0 Å². The second kappa shape index (κ2) is 4.98. The van der Waals surface area contributed by atoms with Crippen molar-refractivity contribution in [3.8, 4) is 0 Å². The molecule has 3 aliphatic rings. The maximum atomic E-state index is 12.6. The van der Waals surface area contributed by atoms with E-state index in [0.717, 1.165) is 48.1 Å². The number of carbonyl (C=O) groups excluding carboxylic acids is 1. The van der Waals surface area contributed by atoms with Crippen LogP contribution in [0.3, 0.4) is 0 Å². The first-order valence-corrected chi connectivity index (χ1v) is 9.02. The molecule has 4 rings (SSSR count). The standard InChI is InChI=1S/C18H23NOS/c1-3-5-12-14-8-13(14)11(2)15-9-19(10-16(12)15)18(20)17-6-4-7-21-17/h3-4,6-7,11-16H,1,5,8-10H2,2H3. The van der Waals surface area contributed by atoms with Gasteiger partial charge >= 0.3 is 0 Å². The van der Waals surface area contributed by atoms with Gasteiger partial charge in [0.25, 0.3) is 5.91 Å². The largest absolute Gasteiger partial charge is 0.337 e. The predicted octanol–water partition coefficient (Wildman–Crippen LogP) is 3.91. The zero-order valence-corrected chi connectivity index (χ0v) is 13.4. The van der Waals surface area contributed by atoms with E-state index < -0.39 is 0 Å². The molecule has 3 heteroatoms. The number of allylic oxidation sites excluding steroid dienone is 1. The zero-order valence-electron chi connectivity index (χ0n) is 12.6. The van der Waals surface area contributed by atoms with Crippen molar-refractivity contribution in [2.75, 3.05) is 13.1 Å². The summed E-state index contributed by atoms with van der Waals surface area (Å²) in [6.07, 6.45) is 4.65. The molecule has 1 aromatic rings. The normalized spacial score (nSPS) is 40.5. The predicted molar refractivity (Wildman–Crippen MR) is 86.3 cm³/mol. The molecule has 2 nitrogen and oxygen atoms in total. The number of nitrogens with zero attached hydrogens (tertiary/aromatic N) is 1. The van der Waals surface area contributed by atoms with Gasteiger partial charge in [-0.25, -0.2) is 0 Å². The number of fused-ring (bicyclic) bond motifs is 2. The molecule has 1 amide bonds. The topological polar surface area (TPSA) is 20.3 Å². The highest BCUT2D eigenvalue weighted by Crippen LogP contribution is 2.62. The number of thiophene rings is 1. The van der Waals surface area contributed by atoms with Gasteiger partial charge in [0.05, 0.1) is 4.88 Å². The summed E-state index contributed by atoms with van der Waals surface area (Å²) < 4.78 is 0. The summed E-state index contributed by atoms with van der Waals surface area (Å²) in [5.74, 6) is 5.06. The molecule has 6 unspecified atom stereocenters. The van der Waals surface area contributed by atoms with Crippen LogP contribution < -0.4 is 0 Å². The van der Waals surface area contributed by atoms with Crippen molar-refractivity contribution in [3.05, 3.63) is 35.0 Å². The van der Waals surface area contributed by atoms with Crippen molar-refractivity contribution < 1.29 is 4.79 Å². The highest BCUT2D eigenvalue weighted by Gasteiger charge is 2.58. The van der Waals surface area contributed by atoms with Crippen LogP contribution in [0.1, 0.15) is 29.4 Å². The summed E-state index contributed by atoms with van der Waals surface area (Å²) in [7, 11) is 0. The molecule has 0 radical (unpaired) electrons. The lowest BCUT2D eigenvalue weighted by molar-refractivity contribution is 0.0785. The Labute approximate surface area is 130 Å². The Balaban J connectivity index is 1.55. The lowest BCUT2D eigenvalue weighted by atomic mass is 9.68. The number of amides is 1. The Morgan fingerprint density at radius 3 is 2.90 bits per heavy atom. The average molecular weight is 301 g/mol. The first kappa shape index (κ1) is 13.6. The van der Waals surface area contributed by atoms with E-state index in [1.807, 2.05) is 17.5 Å². The molecule has 21 heavy (non-hydrogen) atoms. The van der Waals surface area contributed by atoms with E-state index >= 15 is 0 Å². The SMILES string of the molecule is C=CCC1C2CC2C(C)C2CN(C(=O)c3cccs3)CC21. The molecule has 2 heterocycles. The molecular formula is C18H23NOS. The van der Waals surface area contributed by atoms with Gasteiger partial charge in [0.2, 0.25) is 0 Å². The van der Waals surface area contributed by atoms with E-state index in [1.165, 1.54) is 6.42 Å². The second-order valence-electron chi connectivity index (χ2n) is 7.13. The van der Waals surface area contributed by atoms with E-state index in [9.17, 15) is 4.79 Å². The van der Waals surface area contributed by atoms with Gasteiger partial charge in [-0.05, 0) is 59.8 Å². The fourth-order valence-corrected chi connectivity index (χ4v) is 5.79. The molecule has 2 aliphatic carbocycles. The lowest BCUT2D eigenvalue weighted by Crippen LogP contribution is -2.34. The third kappa shape index (κ3) is 2.09. The maximum absolute atomic E-state index is 12.6. The first-order chi connectivity index (χ1) is 10.2. The minimum Gasteiger partial charge on any atom is -0.337 e. The zero-order chi connectivity index (χ0) is 14.6. The third-order valence-electron chi connectivity index (χ3n) is 6.21. The van der Waals surface area contributed by atoms with Gasteiger partial charge in [-0.1, -0.05) is 19.1 Å². The van der Waals surface area contributed by atoms with Crippen molar-refractivity contribution >= 4 is 17.2 Å². The molecule has 1 saturated heterocycles. The number of hydrogen-bond acceptors (Lipinski definition) is 2. The summed E-state index contributed by atoms with van der Waals surface area (Å²) in [4.78, 5) is 15.7. The van der Waals surface area contributed by atoms with Crippen molar-refractivity contribution in [1.82, 2.24) is 4.90 Å². The van der Waals surface area contributed by atoms with E-state index in [2.05, 4.69) is 24.5 Å². The summed E-state index contributed by atoms with van der Waals surface area (Å²) in [5.41, 5.74) is 0. The fourth-order valence-electron chi connectivity index (χ4n) is 5.09. The number of likely N-dealkylation sites (tertiary alicyclic amines) is 1. The molecule has 0 bridgehead atoms. The Kier molecular flexibility index (Phi) is 3.21. The third-order valence-corrected chi connectivity index (χ3v) is 7.07. The van der Waals surface area contributed by atoms with Crippen molar-refractivity contribution in [2.45, 2.75) is 19.8 Å². The smallest absolute Gasteiger partial charge is 0.263 e. The molecule has 0 aromatic carbocycles. The molecule has 1 aliphatic heterocycles. The van der Waals surface area contributed by atoms with Gasteiger partial charge in [0, 0.05) is 13.1 Å². The van der Waals surface area contributed by atoms with Crippen molar-refractivity contribution in [3.63, 3.8) is 0 Å². The maximum Gasteiger partial charge on any atom is 0.263 e. The van der Waals surface area contributed by atoms with Crippen LogP contribution in [-0.4, -0.2) is 23.9 Å². The summed E-state index contributed by atoms with van der Waals surface area (Å²) in [6.45, 7) is 8.32. The molecule has 0 spiro atoms. The fraction of sp³-hybridized carbons (Fsp3) is 0.611. The molecule has 6 atom stereocenters. The van der Waals surface area contributed by atoms with Crippen LogP contribution in [0.5, 0.6) is 0 Å². The molecule has 1 aromatic heterocycles.